The van der Waals surface area contributed by atoms with E-state index in [1.807, 2.05) is 0 Å². The van der Waals surface area contributed by atoms with Gasteiger partial charge >= 0.3 is 17.9 Å². The lowest BCUT2D eigenvalue weighted by molar-refractivity contribution is -0.167. The van der Waals surface area contributed by atoms with Crippen molar-refractivity contribution >= 4 is 17.9 Å². The Hall–Kier alpha value is -4.19. The average Bonchev–Trinajstić information content (AvgIpc) is 3.38. The highest BCUT2D eigenvalue weighted by molar-refractivity contribution is 5.71. The molecule has 0 aliphatic heterocycles. The SMILES string of the molecule is CC/C=C\C/C=C\C/C=C\C/C=C\C/C=C\C/C=C\CCCCCCCCCCC(=O)OCC(COC(=O)CCCCC/C=C\C/C=C\C/C=C\CC)OC(=O)CCCCCCC/C=C\CCCCCCC. The van der Waals surface area contributed by atoms with Gasteiger partial charge < -0.3 is 14.2 Å². The van der Waals surface area contributed by atoms with Crippen LogP contribution in [0.4, 0.5) is 0 Å². The Labute approximate surface area is 443 Å². The van der Waals surface area contributed by atoms with Crippen molar-refractivity contribution in [1.82, 2.24) is 0 Å². The van der Waals surface area contributed by atoms with Crippen LogP contribution in [0.3, 0.4) is 0 Å². The third-order valence-corrected chi connectivity index (χ3v) is 12.2. The number of hydrogen-bond donors (Lipinski definition) is 0. The van der Waals surface area contributed by atoms with E-state index in [1.165, 1.54) is 77.0 Å². The molecule has 0 spiro atoms. The molecule has 72 heavy (non-hydrogen) atoms. The molecule has 0 N–H and O–H groups in total. The molecule has 0 saturated heterocycles. The van der Waals surface area contributed by atoms with Crippen LogP contribution in [0.5, 0.6) is 0 Å². The summed E-state index contributed by atoms with van der Waals surface area (Å²) in [7, 11) is 0. The molecule has 408 valence electrons. The molecule has 0 aromatic carbocycles. The smallest absolute Gasteiger partial charge is 0.306 e. The van der Waals surface area contributed by atoms with Gasteiger partial charge in [0.25, 0.3) is 0 Å². The summed E-state index contributed by atoms with van der Waals surface area (Å²) < 4.78 is 16.8. The molecule has 0 radical (unpaired) electrons. The van der Waals surface area contributed by atoms with Gasteiger partial charge in [-0.25, -0.2) is 0 Å². The molecule has 0 heterocycles. The molecule has 0 aromatic heterocycles. The van der Waals surface area contributed by atoms with E-state index in [4.69, 9.17) is 14.2 Å². The molecule has 0 aliphatic rings. The first-order chi connectivity index (χ1) is 35.5. The second kappa shape index (κ2) is 59.4. The molecule has 0 aromatic rings. The molecule has 1 atom stereocenters. The highest BCUT2D eigenvalue weighted by Crippen LogP contribution is 2.14. The van der Waals surface area contributed by atoms with Crippen molar-refractivity contribution in [2.75, 3.05) is 13.2 Å². The summed E-state index contributed by atoms with van der Waals surface area (Å²) in [6.07, 6.45) is 82.0. The maximum atomic E-state index is 12.8. The van der Waals surface area contributed by atoms with Crippen molar-refractivity contribution in [2.24, 2.45) is 0 Å². The van der Waals surface area contributed by atoms with E-state index < -0.39 is 6.10 Å². The number of hydrogen-bond acceptors (Lipinski definition) is 6. The number of rotatable bonds is 52. The van der Waals surface area contributed by atoms with Crippen molar-refractivity contribution in [2.45, 2.75) is 264 Å². The van der Waals surface area contributed by atoms with Gasteiger partial charge in [-0.3, -0.25) is 14.4 Å². The second-order valence-electron chi connectivity index (χ2n) is 19.1. The first-order valence-corrected chi connectivity index (χ1v) is 29.5. The van der Waals surface area contributed by atoms with E-state index in [2.05, 4.69) is 142 Å². The van der Waals surface area contributed by atoms with Gasteiger partial charge in [0.1, 0.15) is 13.2 Å². The maximum Gasteiger partial charge on any atom is 0.306 e. The fraction of sp³-hybridized carbons (Fsp3) is 0.652. The van der Waals surface area contributed by atoms with Crippen molar-refractivity contribution in [1.29, 1.82) is 0 Å². The summed E-state index contributed by atoms with van der Waals surface area (Å²) in [5.41, 5.74) is 0. The molecular weight excluding hydrogens is 889 g/mol. The third-order valence-electron chi connectivity index (χ3n) is 12.2. The van der Waals surface area contributed by atoms with Gasteiger partial charge in [-0.2, -0.15) is 0 Å². The molecule has 0 aliphatic carbocycles. The predicted octanol–water partition coefficient (Wildman–Crippen LogP) is 20.0. The predicted molar refractivity (Wildman–Crippen MR) is 311 cm³/mol. The first kappa shape index (κ1) is 67.8. The fourth-order valence-corrected chi connectivity index (χ4v) is 7.81. The van der Waals surface area contributed by atoms with Gasteiger partial charge in [0.2, 0.25) is 0 Å². The van der Waals surface area contributed by atoms with E-state index in [-0.39, 0.29) is 31.1 Å². The Morgan fingerprint density at radius 3 is 0.875 bits per heavy atom. The summed E-state index contributed by atoms with van der Waals surface area (Å²) in [4.78, 5) is 38.1. The average molecular weight is 998 g/mol. The van der Waals surface area contributed by atoms with Gasteiger partial charge in [-0.1, -0.05) is 232 Å². The van der Waals surface area contributed by atoms with Gasteiger partial charge in [-0.05, 0) is 128 Å². The zero-order chi connectivity index (χ0) is 52.2. The Morgan fingerprint density at radius 2 is 0.542 bits per heavy atom. The summed E-state index contributed by atoms with van der Waals surface area (Å²) in [6, 6.07) is 0. The van der Waals surface area contributed by atoms with E-state index in [1.54, 1.807) is 0 Å². The number of allylic oxidation sites excluding steroid dienone is 20. The number of esters is 3. The molecule has 1 unspecified atom stereocenters. The van der Waals surface area contributed by atoms with Crippen molar-refractivity contribution < 1.29 is 28.6 Å². The first-order valence-electron chi connectivity index (χ1n) is 29.5. The molecule has 0 saturated carbocycles. The van der Waals surface area contributed by atoms with Crippen LogP contribution in [0, 0.1) is 0 Å². The highest BCUT2D eigenvalue weighted by atomic mass is 16.6. The third kappa shape index (κ3) is 56.7. The molecule has 0 fully saturated rings. The quantitative estimate of drug-likeness (QED) is 0.0261. The Kier molecular flexibility index (Phi) is 55.9. The molecule has 6 heteroatoms. The van der Waals surface area contributed by atoms with Crippen LogP contribution >= 0.6 is 0 Å². The van der Waals surface area contributed by atoms with Crippen LogP contribution in [-0.2, 0) is 28.6 Å². The minimum Gasteiger partial charge on any atom is -0.462 e. The summed E-state index contributed by atoms with van der Waals surface area (Å²) >= 11 is 0. The number of unbranched alkanes of at least 4 members (excludes halogenated alkanes) is 21. The van der Waals surface area contributed by atoms with Crippen molar-refractivity contribution in [3.8, 4) is 0 Å². The topological polar surface area (TPSA) is 78.9 Å². The van der Waals surface area contributed by atoms with Crippen LogP contribution in [0.2, 0.25) is 0 Å². The lowest BCUT2D eigenvalue weighted by Crippen LogP contribution is -2.30. The van der Waals surface area contributed by atoms with E-state index in [0.29, 0.717) is 19.3 Å². The van der Waals surface area contributed by atoms with Crippen molar-refractivity contribution in [3.63, 3.8) is 0 Å². The maximum absolute atomic E-state index is 12.8. The number of carbonyl (C=O) groups excluding carboxylic acids is 3. The molecule has 0 rings (SSSR count). The van der Waals surface area contributed by atoms with Crippen LogP contribution in [0.15, 0.2) is 122 Å². The van der Waals surface area contributed by atoms with Crippen molar-refractivity contribution in [3.05, 3.63) is 122 Å². The minimum atomic E-state index is -0.801. The highest BCUT2D eigenvalue weighted by Gasteiger charge is 2.19. The second-order valence-corrected chi connectivity index (χ2v) is 19.1. The van der Waals surface area contributed by atoms with Gasteiger partial charge in [0.15, 0.2) is 6.10 Å². The monoisotopic (exact) mass is 997 g/mol. The summed E-state index contributed by atoms with van der Waals surface area (Å²) in [5, 5.41) is 0. The van der Waals surface area contributed by atoms with Gasteiger partial charge in [0, 0.05) is 19.3 Å². The largest absolute Gasteiger partial charge is 0.462 e. The van der Waals surface area contributed by atoms with Crippen LogP contribution in [0.25, 0.3) is 0 Å². The molecule has 0 bridgehead atoms. The lowest BCUT2D eigenvalue weighted by atomic mass is 10.1. The van der Waals surface area contributed by atoms with E-state index in [0.717, 1.165) is 141 Å². The van der Waals surface area contributed by atoms with Gasteiger partial charge in [0.05, 0.1) is 0 Å². The molecular formula is C66H108O6. The van der Waals surface area contributed by atoms with E-state index in [9.17, 15) is 14.4 Å². The standard InChI is InChI=1S/C66H108O6/c1-4-7-10-13-16-19-22-25-27-28-29-30-31-32-33-34-35-36-37-38-39-42-44-47-50-53-56-59-65(68)71-62-63(61-70-64(67)58-55-52-49-46-43-40-24-21-18-15-12-9-6-3)72-66(69)60-57-54-51-48-45-41-26-23-20-17-14-11-8-5-2/h7,9-10,12,16,18-19,21,23,25-27,29-30,32-33,35-36,40,43,63H,4-6,8,11,13-15,17,20,22,24,28,31,34,37-39,41-42,44-62H2,1-3H3/b10-7-,12-9-,19-16-,21-18-,26-23-,27-25-,30-29-,33-32-,36-35-,43-40-. The lowest BCUT2D eigenvalue weighted by Gasteiger charge is -2.18. The van der Waals surface area contributed by atoms with Crippen LogP contribution in [-0.4, -0.2) is 37.2 Å². The molecule has 0 amide bonds. The number of carbonyl (C=O) groups is 3. The molecule has 6 nitrogen and oxygen atoms in total. The summed E-state index contributed by atoms with van der Waals surface area (Å²) in [6.45, 7) is 6.36. The normalized spacial score (nSPS) is 13.0. The number of ether oxygens (including phenoxy) is 3. The Morgan fingerprint density at radius 1 is 0.292 bits per heavy atom. The zero-order valence-corrected chi connectivity index (χ0v) is 46.7. The minimum absolute atomic E-state index is 0.0976. The van der Waals surface area contributed by atoms with Crippen LogP contribution in [0.1, 0.15) is 258 Å². The summed E-state index contributed by atoms with van der Waals surface area (Å²) in [5.74, 6) is -0.945. The Balaban J connectivity index is 4.35. The van der Waals surface area contributed by atoms with Crippen LogP contribution < -0.4 is 0 Å². The Bertz CT molecular complexity index is 1520. The van der Waals surface area contributed by atoms with Gasteiger partial charge in [-0.15, -0.1) is 0 Å². The fourth-order valence-electron chi connectivity index (χ4n) is 7.81. The zero-order valence-electron chi connectivity index (χ0n) is 46.7. The van der Waals surface area contributed by atoms with E-state index >= 15 is 0 Å².